The molecule has 5 heteroatoms. The number of nitrogens with zero attached hydrogens (tertiary/aromatic N) is 1. The second-order valence-corrected chi connectivity index (χ2v) is 5.64. The first-order chi connectivity index (χ1) is 7.27. The van der Waals surface area contributed by atoms with Gasteiger partial charge >= 0.3 is 0 Å². The van der Waals surface area contributed by atoms with E-state index in [0.717, 1.165) is 11.4 Å². The molecule has 1 aromatic rings. The van der Waals surface area contributed by atoms with E-state index in [1.807, 2.05) is 22.4 Å². The Morgan fingerprint density at radius 2 is 2.53 bits per heavy atom. The summed E-state index contributed by atoms with van der Waals surface area (Å²) >= 11 is 4.98. The fourth-order valence-corrected chi connectivity index (χ4v) is 2.74. The summed E-state index contributed by atoms with van der Waals surface area (Å²) in [5.74, 6) is 0.111. The SMILES string of the molecule is O=C(c1cccs1)N1CCOCC(Br)C1. The summed E-state index contributed by atoms with van der Waals surface area (Å²) in [6.45, 7) is 2.70. The van der Waals surface area contributed by atoms with E-state index in [-0.39, 0.29) is 10.7 Å². The van der Waals surface area contributed by atoms with Gasteiger partial charge in [-0.3, -0.25) is 4.79 Å². The van der Waals surface area contributed by atoms with Crippen molar-refractivity contribution in [3.8, 4) is 0 Å². The standard InChI is InChI=1S/C10H12BrNO2S/c11-8-6-12(3-4-14-7-8)10(13)9-2-1-5-15-9/h1-2,5,8H,3-4,6-7H2. The third kappa shape index (κ3) is 2.80. The highest BCUT2D eigenvalue weighted by Gasteiger charge is 2.22. The highest BCUT2D eigenvalue weighted by Crippen LogP contribution is 2.15. The molecule has 3 nitrogen and oxygen atoms in total. The molecule has 0 N–H and O–H groups in total. The molecule has 82 valence electrons. The minimum atomic E-state index is 0.111. The quantitative estimate of drug-likeness (QED) is 0.740. The van der Waals surface area contributed by atoms with Crippen LogP contribution >= 0.6 is 27.3 Å². The number of rotatable bonds is 1. The molecule has 1 aliphatic rings. The topological polar surface area (TPSA) is 29.5 Å². The van der Waals surface area contributed by atoms with E-state index in [0.29, 0.717) is 19.8 Å². The van der Waals surface area contributed by atoms with Gasteiger partial charge in [-0.2, -0.15) is 0 Å². The smallest absolute Gasteiger partial charge is 0.264 e. The van der Waals surface area contributed by atoms with Crippen LogP contribution < -0.4 is 0 Å². The van der Waals surface area contributed by atoms with Gasteiger partial charge in [0.05, 0.1) is 22.9 Å². The van der Waals surface area contributed by atoms with Gasteiger partial charge in [0.25, 0.3) is 5.91 Å². The fraction of sp³-hybridized carbons (Fsp3) is 0.500. The van der Waals surface area contributed by atoms with Crippen molar-refractivity contribution in [2.45, 2.75) is 4.83 Å². The number of ether oxygens (including phenoxy) is 1. The second kappa shape index (κ2) is 5.09. The minimum absolute atomic E-state index is 0.111. The Labute approximate surface area is 101 Å². The minimum Gasteiger partial charge on any atom is -0.378 e. The van der Waals surface area contributed by atoms with Crippen LogP contribution in [0.15, 0.2) is 17.5 Å². The number of carbonyl (C=O) groups excluding carboxylic acids is 1. The van der Waals surface area contributed by atoms with Crippen molar-refractivity contribution in [1.29, 1.82) is 0 Å². The molecule has 0 aromatic carbocycles. The monoisotopic (exact) mass is 289 g/mol. The average Bonchev–Trinajstić information content (AvgIpc) is 2.67. The zero-order chi connectivity index (χ0) is 10.7. The molecule has 2 heterocycles. The van der Waals surface area contributed by atoms with Crippen LogP contribution in [-0.4, -0.2) is 41.9 Å². The maximum Gasteiger partial charge on any atom is 0.264 e. The lowest BCUT2D eigenvalue weighted by atomic mass is 10.3. The lowest BCUT2D eigenvalue weighted by Crippen LogP contribution is -2.35. The van der Waals surface area contributed by atoms with E-state index in [2.05, 4.69) is 15.9 Å². The van der Waals surface area contributed by atoms with Crippen molar-refractivity contribution in [2.75, 3.05) is 26.3 Å². The molecular formula is C10H12BrNO2S. The molecule has 0 aliphatic carbocycles. The Balaban J connectivity index is 2.06. The predicted octanol–water partition coefficient (Wildman–Crippen LogP) is 1.98. The molecule has 1 amide bonds. The zero-order valence-corrected chi connectivity index (χ0v) is 10.6. The summed E-state index contributed by atoms with van der Waals surface area (Å²) in [7, 11) is 0. The van der Waals surface area contributed by atoms with Crippen LogP contribution in [0, 0.1) is 0 Å². The van der Waals surface area contributed by atoms with Crippen molar-refractivity contribution < 1.29 is 9.53 Å². The van der Waals surface area contributed by atoms with Crippen LogP contribution in [0.5, 0.6) is 0 Å². The van der Waals surface area contributed by atoms with Gasteiger partial charge in [0.15, 0.2) is 0 Å². The molecule has 15 heavy (non-hydrogen) atoms. The molecule has 1 unspecified atom stereocenters. The van der Waals surface area contributed by atoms with Crippen molar-refractivity contribution >= 4 is 33.2 Å². The molecule has 1 saturated heterocycles. The number of halogens is 1. The molecule has 2 rings (SSSR count). The summed E-state index contributed by atoms with van der Waals surface area (Å²) in [6, 6.07) is 3.76. The molecule has 1 aromatic heterocycles. The Kier molecular flexibility index (Phi) is 3.77. The van der Waals surface area contributed by atoms with Crippen molar-refractivity contribution in [3.05, 3.63) is 22.4 Å². The van der Waals surface area contributed by atoms with E-state index in [1.54, 1.807) is 0 Å². The lowest BCUT2D eigenvalue weighted by molar-refractivity contribution is 0.0746. The number of alkyl halides is 1. The van der Waals surface area contributed by atoms with Gasteiger partial charge in [-0.1, -0.05) is 22.0 Å². The normalized spacial score (nSPS) is 22.5. The van der Waals surface area contributed by atoms with Gasteiger partial charge in [-0.05, 0) is 11.4 Å². The lowest BCUT2D eigenvalue weighted by Gasteiger charge is -2.20. The first-order valence-corrected chi connectivity index (χ1v) is 6.61. The van der Waals surface area contributed by atoms with E-state index in [9.17, 15) is 4.79 Å². The van der Waals surface area contributed by atoms with Crippen LogP contribution in [0.25, 0.3) is 0 Å². The van der Waals surface area contributed by atoms with Crippen LogP contribution in [0.2, 0.25) is 0 Å². The van der Waals surface area contributed by atoms with Gasteiger partial charge < -0.3 is 9.64 Å². The first-order valence-electron chi connectivity index (χ1n) is 4.82. The van der Waals surface area contributed by atoms with E-state index in [4.69, 9.17) is 4.74 Å². The third-order valence-corrected chi connectivity index (χ3v) is 3.65. The summed E-state index contributed by atoms with van der Waals surface area (Å²) in [4.78, 5) is 14.9. The highest BCUT2D eigenvalue weighted by atomic mass is 79.9. The summed E-state index contributed by atoms with van der Waals surface area (Å²) in [5.41, 5.74) is 0. The van der Waals surface area contributed by atoms with Gasteiger partial charge in [0.1, 0.15) is 0 Å². The number of hydrogen-bond donors (Lipinski definition) is 0. The predicted molar refractivity (Wildman–Crippen MR) is 63.8 cm³/mol. The third-order valence-electron chi connectivity index (χ3n) is 2.24. The molecule has 1 aliphatic heterocycles. The largest absolute Gasteiger partial charge is 0.378 e. The van der Waals surface area contributed by atoms with Crippen LogP contribution in [0.1, 0.15) is 9.67 Å². The zero-order valence-electron chi connectivity index (χ0n) is 8.19. The summed E-state index contributed by atoms with van der Waals surface area (Å²) in [5, 5.41) is 1.92. The van der Waals surface area contributed by atoms with Crippen molar-refractivity contribution in [3.63, 3.8) is 0 Å². The van der Waals surface area contributed by atoms with E-state index in [1.165, 1.54) is 11.3 Å². The van der Waals surface area contributed by atoms with Crippen molar-refractivity contribution in [1.82, 2.24) is 4.90 Å². The maximum absolute atomic E-state index is 12.0. The van der Waals surface area contributed by atoms with Gasteiger partial charge in [-0.15, -0.1) is 11.3 Å². The van der Waals surface area contributed by atoms with Gasteiger partial charge in [-0.25, -0.2) is 0 Å². The van der Waals surface area contributed by atoms with E-state index >= 15 is 0 Å². The number of hydrogen-bond acceptors (Lipinski definition) is 3. The molecule has 0 spiro atoms. The fourth-order valence-electron chi connectivity index (χ4n) is 1.51. The molecule has 0 radical (unpaired) electrons. The Morgan fingerprint density at radius 3 is 3.27 bits per heavy atom. The van der Waals surface area contributed by atoms with E-state index < -0.39 is 0 Å². The van der Waals surface area contributed by atoms with Gasteiger partial charge in [0.2, 0.25) is 0 Å². The number of amides is 1. The van der Waals surface area contributed by atoms with Crippen LogP contribution in [0.4, 0.5) is 0 Å². The molecular weight excluding hydrogens is 278 g/mol. The Morgan fingerprint density at radius 1 is 1.67 bits per heavy atom. The number of carbonyl (C=O) groups is 1. The molecule has 0 saturated carbocycles. The Bertz CT molecular complexity index is 328. The summed E-state index contributed by atoms with van der Waals surface area (Å²) in [6.07, 6.45) is 0. The van der Waals surface area contributed by atoms with Gasteiger partial charge in [0, 0.05) is 13.1 Å². The first kappa shape index (κ1) is 11.1. The van der Waals surface area contributed by atoms with Crippen LogP contribution in [-0.2, 0) is 4.74 Å². The molecule has 0 bridgehead atoms. The Hall–Kier alpha value is -0.390. The van der Waals surface area contributed by atoms with Crippen LogP contribution in [0.3, 0.4) is 0 Å². The highest BCUT2D eigenvalue weighted by molar-refractivity contribution is 9.09. The number of thiophene rings is 1. The molecule has 1 fully saturated rings. The molecule has 1 atom stereocenters. The van der Waals surface area contributed by atoms with Crippen molar-refractivity contribution in [2.24, 2.45) is 0 Å². The average molecular weight is 290 g/mol. The second-order valence-electron chi connectivity index (χ2n) is 3.40. The summed E-state index contributed by atoms with van der Waals surface area (Å²) < 4.78 is 5.37. The maximum atomic E-state index is 12.0.